The fraction of sp³-hybridized carbons (Fsp3) is 0.393. The summed E-state index contributed by atoms with van der Waals surface area (Å²) in [6.45, 7) is 7.76. The van der Waals surface area contributed by atoms with E-state index in [4.69, 9.17) is 9.47 Å². The summed E-state index contributed by atoms with van der Waals surface area (Å²) in [5, 5.41) is 11.3. The fourth-order valence-corrected chi connectivity index (χ4v) is 5.42. The van der Waals surface area contributed by atoms with Crippen LogP contribution < -0.4 is 9.47 Å². The van der Waals surface area contributed by atoms with Crippen LogP contribution in [0.5, 0.6) is 11.5 Å². The summed E-state index contributed by atoms with van der Waals surface area (Å²) < 4.78 is 39.9. The third-order valence-corrected chi connectivity index (χ3v) is 7.77. The molecular formula is C28H35NO6S. The number of rotatable bonds is 13. The molecule has 0 aliphatic heterocycles. The Morgan fingerprint density at radius 2 is 1.67 bits per heavy atom. The zero-order valence-corrected chi connectivity index (χ0v) is 22.2. The lowest BCUT2D eigenvalue weighted by Gasteiger charge is -2.24. The summed E-state index contributed by atoms with van der Waals surface area (Å²) >= 11 is 0. The van der Waals surface area contributed by atoms with Crippen LogP contribution in [0.25, 0.3) is 10.8 Å². The zero-order valence-electron chi connectivity index (χ0n) is 21.4. The predicted octanol–water partition coefficient (Wildman–Crippen LogP) is 5.51. The normalized spacial score (nSPS) is 12.1. The Morgan fingerprint density at radius 3 is 2.33 bits per heavy atom. The van der Waals surface area contributed by atoms with Gasteiger partial charge >= 0.3 is 5.97 Å². The molecule has 0 bridgehead atoms. The number of nitrogens with zero attached hydrogens (tertiary/aromatic N) is 1. The fourth-order valence-electron chi connectivity index (χ4n) is 3.87. The van der Waals surface area contributed by atoms with Crippen molar-refractivity contribution in [2.24, 2.45) is 0 Å². The smallest absolute Gasteiger partial charge is 0.347 e. The minimum Gasteiger partial charge on any atom is -0.492 e. The van der Waals surface area contributed by atoms with Gasteiger partial charge in [0.25, 0.3) is 0 Å². The lowest BCUT2D eigenvalue weighted by molar-refractivity contribution is -0.152. The van der Waals surface area contributed by atoms with Crippen molar-refractivity contribution in [3.05, 3.63) is 66.2 Å². The van der Waals surface area contributed by atoms with Gasteiger partial charge in [0.1, 0.15) is 18.1 Å². The maximum atomic E-state index is 13.4. The second kappa shape index (κ2) is 11.8. The number of carboxylic acid groups (broad SMARTS) is 1. The van der Waals surface area contributed by atoms with Crippen LogP contribution in [-0.4, -0.2) is 49.1 Å². The summed E-state index contributed by atoms with van der Waals surface area (Å²) in [4.78, 5) is 11.7. The summed E-state index contributed by atoms with van der Waals surface area (Å²) in [7, 11) is -3.68. The first-order chi connectivity index (χ1) is 17.1. The monoisotopic (exact) mass is 513 g/mol. The molecule has 0 aromatic heterocycles. The maximum absolute atomic E-state index is 13.4. The van der Waals surface area contributed by atoms with E-state index < -0.39 is 21.6 Å². The van der Waals surface area contributed by atoms with Crippen molar-refractivity contribution in [3.8, 4) is 11.5 Å². The molecular weight excluding hydrogens is 478 g/mol. The molecule has 36 heavy (non-hydrogen) atoms. The van der Waals surface area contributed by atoms with E-state index in [1.54, 1.807) is 24.3 Å². The van der Waals surface area contributed by atoms with Crippen LogP contribution in [-0.2, 0) is 21.2 Å². The molecule has 194 valence electrons. The van der Waals surface area contributed by atoms with Crippen LogP contribution in [0.1, 0.15) is 46.1 Å². The van der Waals surface area contributed by atoms with Gasteiger partial charge in [-0.05, 0) is 73.4 Å². The van der Waals surface area contributed by atoms with Crippen molar-refractivity contribution >= 4 is 26.8 Å². The molecule has 0 spiro atoms. The molecule has 0 saturated heterocycles. The summed E-state index contributed by atoms with van der Waals surface area (Å²) in [5.74, 6) is 0.0375. The molecule has 0 aliphatic carbocycles. The number of aliphatic carboxylic acids is 1. The molecule has 0 fully saturated rings. The van der Waals surface area contributed by atoms with E-state index in [1.165, 1.54) is 18.2 Å². The van der Waals surface area contributed by atoms with E-state index in [2.05, 4.69) is 0 Å². The minimum atomic E-state index is -3.68. The first kappa shape index (κ1) is 27.5. The molecule has 8 heteroatoms. The van der Waals surface area contributed by atoms with Crippen molar-refractivity contribution in [2.75, 3.05) is 19.7 Å². The molecule has 0 saturated carbocycles. The second-order valence-electron chi connectivity index (χ2n) is 9.20. The Bertz CT molecular complexity index is 1300. The average molecular weight is 514 g/mol. The number of carbonyl (C=O) groups is 1. The van der Waals surface area contributed by atoms with Gasteiger partial charge in [-0.25, -0.2) is 13.2 Å². The Hall–Kier alpha value is -3.10. The Labute approximate surface area is 213 Å². The number of hydrogen-bond donors (Lipinski definition) is 1. The van der Waals surface area contributed by atoms with E-state index in [9.17, 15) is 18.3 Å². The van der Waals surface area contributed by atoms with Crippen LogP contribution in [0.3, 0.4) is 0 Å². The number of sulfonamides is 1. The van der Waals surface area contributed by atoms with Gasteiger partial charge in [0.05, 0.1) is 4.90 Å². The third-order valence-electron chi connectivity index (χ3n) is 5.87. The number of aryl methyl sites for hydroxylation is 1. The molecule has 0 aliphatic rings. The predicted molar refractivity (Wildman–Crippen MR) is 141 cm³/mol. The standard InChI is InChI=1S/C28H35NO6S/c1-5-9-23-19-24(13-15-26(23)35-28(3,4)27(30)31)34-18-17-29(16-6-2)36(32,33)25-14-12-21-10-7-8-11-22(21)20-25/h7-8,10-15,19-20H,5-6,9,16-18H2,1-4H3,(H,30,31). The highest BCUT2D eigenvalue weighted by atomic mass is 32.2. The SMILES string of the molecule is CCCc1cc(OCCN(CCC)S(=O)(=O)c2ccc3ccccc3c2)ccc1OC(C)(C)C(=O)O. The maximum Gasteiger partial charge on any atom is 0.347 e. The summed E-state index contributed by atoms with van der Waals surface area (Å²) in [6.07, 6.45) is 2.22. The summed E-state index contributed by atoms with van der Waals surface area (Å²) in [6, 6.07) is 18.1. The third kappa shape index (κ3) is 6.56. The molecule has 3 rings (SSSR count). The highest BCUT2D eigenvalue weighted by Crippen LogP contribution is 2.29. The van der Waals surface area contributed by atoms with Crippen LogP contribution in [0.4, 0.5) is 0 Å². The molecule has 0 radical (unpaired) electrons. The van der Waals surface area contributed by atoms with Gasteiger partial charge in [-0.1, -0.05) is 50.6 Å². The van der Waals surface area contributed by atoms with Gasteiger partial charge in [-0.3, -0.25) is 0 Å². The summed E-state index contributed by atoms with van der Waals surface area (Å²) in [5.41, 5.74) is -0.513. The molecule has 0 amide bonds. The van der Waals surface area contributed by atoms with E-state index in [-0.39, 0.29) is 18.0 Å². The van der Waals surface area contributed by atoms with Gasteiger partial charge in [0, 0.05) is 13.1 Å². The van der Waals surface area contributed by atoms with Gasteiger partial charge in [0.2, 0.25) is 10.0 Å². The molecule has 7 nitrogen and oxygen atoms in total. The van der Waals surface area contributed by atoms with Gasteiger partial charge in [0.15, 0.2) is 5.60 Å². The lowest BCUT2D eigenvalue weighted by atomic mass is 10.1. The molecule has 0 unspecified atom stereocenters. The Kier molecular flexibility index (Phi) is 8.98. The van der Waals surface area contributed by atoms with Crippen LogP contribution in [0.2, 0.25) is 0 Å². The van der Waals surface area contributed by atoms with E-state index >= 15 is 0 Å². The van der Waals surface area contributed by atoms with E-state index in [0.717, 1.165) is 22.8 Å². The number of fused-ring (bicyclic) bond motifs is 1. The van der Waals surface area contributed by atoms with Crippen molar-refractivity contribution in [1.29, 1.82) is 0 Å². The first-order valence-electron chi connectivity index (χ1n) is 12.3. The van der Waals surface area contributed by atoms with Crippen molar-refractivity contribution < 1.29 is 27.8 Å². The molecule has 3 aromatic rings. The quantitative estimate of drug-likeness (QED) is 0.324. The van der Waals surface area contributed by atoms with E-state index in [0.29, 0.717) is 30.9 Å². The van der Waals surface area contributed by atoms with Gasteiger partial charge < -0.3 is 14.6 Å². The largest absolute Gasteiger partial charge is 0.492 e. The average Bonchev–Trinajstić information content (AvgIpc) is 2.84. The lowest BCUT2D eigenvalue weighted by Crippen LogP contribution is -2.38. The van der Waals surface area contributed by atoms with Crippen molar-refractivity contribution in [3.63, 3.8) is 0 Å². The number of hydrogen-bond acceptors (Lipinski definition) is 5. The topological polar surface area (TPSA) is 93.1 Å². The second-order valence-corrected chi connectivity index (χ2v) is 11.1. The van der Waals surface area contributed by atoms with Gasteiger partial charge in [-0.15, -0.1) is 0 Å². The van der Waals surface area contributed by atoms with Crippen molar-refractivity contribution in [1.82, 2.24) is 4.31 Å². The molecule has 3 aromatic carbocycles. The van der Waals surface area contributed by atoms with Crippen molar-refractivity contribution in [2.45, 2.75) is 57.5 Å². The first-order valence-corrected chi connectivity index (χ1v) is 13.7. The van der Waals surface area contributed by atoms with Crippen LogP contribution in [0, 0.1) is 0 Å². The number of benzene rings is 3. The molecule has 1 N–H and O–H groups in total. The molecule has 0 heterocycles. The Balaban J connectivity index is 1.73. The van der Waals surface area contributed by atoms with E-state index in [1.807, 2.05) is 50.2 Å². The minimum absolute atomic E-state index is 0.180. The highest BCUT2D eigenvalue weighted by molar-refractivity contribution is 7.89. The van der Waals surface area contributed by atoms with Gasteiger partial charge in [-0.2, -0.15) is 4.31 Å². The number of carboxylic acids is 1. The van der Waals surface area contributed by atoms with Crippen LogP contribution in [0.15, 0.2) is 65.6 Å². The highest BCUT2D eigenvalue weighted by Gasteiger charge is 2.30. The molecule has 0 atom stereocenters. The van der Waals surface area contributed by atoms with Crippen LogP contribution >= 0.6 is 0 Å². The number of ether oxygens (including phenoxy) is 2. The Morgan fingerprint density at radius 1 is 0.944 bits per heavy atom. The zero-order chi connectivity index (χ0) is 26.3.